The summed E-state index contributed by atoms with van der Waals surface area (Å²) < 4.78 is 5.25. The number of hydrogen-bond acceptors (Lipinski definition) is 4. The fourth-order valence-electron chi connectivity index (χ4n) is 2.00. The van der Waals surface area contributed by atoms with Crippen LogP contribution in [-0.2, 0) is 0 Å². The number of hydrogen-bond donors (Lipinski definition) is 1. The molecule has 0 saturated carbocycles. The highest BCUT2D eigenvalue weighted by atomic mass is 16.4. The second-order valence-corrected chi connectivity index (χ2v) is 4.19. The van der Waals surface area contributed by atoms with Gasteiger partial charge in [0.05, 0.1) is 0 Å². The van der Waals surface area contributed by atoms with E-state index in [0.717, 1.165) is 0 Å². The first-order chi connectivity index (χ1) is 9.08. The van der Waals surface area contributed by atoms with Crippen molar-refractivity contribution in [1.82, 2.24) is 9.80 Å². The summed E-state index contributed by atoms with van der Waals surface area (Å²) in [7, 11) is 1.82. The molecule has 1 aliphatic heterocycles. The number of carboxylic acid groups (broad SMARTS) is 1. The maximum Gasteiger partial charge on any atom is 0.340 e. The molecule has 0 aliphatic carbocycles. The number of carboxylic acids is 1. The van der Waals surface area contributed by atoms with Crippen molar-refractivity contribution < 1.29 is 19.1 Å². The van der Waals surface area contributed by atoms with Gasteiger partial charge in [-0.15, -0.1) is 0 Å². The fourth-order valence-corrected chi connectivity index (χ4v) is 2.00. The van der Waals surface area contributed by atoms with Gasteiger partial charge in [-0.25, -0.2) is 4.79 Å². The molecule has 0 aromatic carbocycles. The Balaban J connectivity index is 2.04. The molecule has 2 aromatic rings. The maximum absolute atomic E-state index is 12.3. The Labute approximate surface area is 108 Å². The van der Waals surface area contributed by atoms with E-state index in [2.05, 4.69) is 0 Å². The van der Waals surface area contributed by atoms with Crippen molar-refractivity contribution in [2.24, 2.45) is 0 Å². The summed E-state index contributed by atoms with van der Waals surface area (Å²) in [6.07, 6.45) is 6.52. The summed E-state index contributed by atoms with van der Waals surface area (Å²) >= 11 is 0. The van der Waals surface area contributed by atoms with Gasteiger partial charge in [-0.3, -0.25) is 9.69 Å². The number of carbonyl (C=O) groups is 2. The summed E-state index contributed by atoms with van der Waals surface area (Å²) in [6, 6.07) is 3.14. The molecule has 2 aromatic heterocycles. The Morgan fingerprint density at radius 1 is 1.05 bits per heavy atom. The molecule has 0 saturated heterocycles. The van der Waals surface area contributed by atoms with Gasteiger partial charge in [0.25, 0.3) is 5.91 Å². The van der Waals surface area contributed by atoms with Crippen LogP contribution >= 0.6 is 0 Å². The molecule has 6 heteroatoms. The van der Waals surface area contributed by atoms with Crippen LogP contribution in [0.4, 0.5) is 0 Å². The van der Waals surface area contributed by atoms with Crippen LogP contribution in [0.2, 0.25) is 0 Å². The molecule has 3 rings (SSSR count). The number of fused-ring (bicyclic) bond motifs is 2. The Bertz CT molecular complexity index is 699. The lowest BCUT2D eigenvalue weighted by molar-refractivity contribution is 0.0690. The summed E-state index contributed by atoms with van der Waals surface area (Å²) in [5.41, 5.74) is 0.512. The van der Waals surface area contributed by atoms with Gasteiger partial charge in [-0.1, -0.05) is 0 Å². The highest BCUT2D eigenvalue weighted by molar-refractivity contribution is 6.14. The number of furan rings is 2. The SMILES string of the molecule is CN1C=CN(C(=O)c2c(C(=O)O)c3ccc2o3)C=C1. The molecule has 1 amide bonds. The van der Waals surface area contributed by atoms with Crippen molar-refractivity contribution in [3.05, 3.63) is 48.1 Å². The molecule has 0 unspecified atom stereocenters. The molecule has 0 spiro atoms. The zero-order valence-corrected chi connectivity index (χ0v) is 10.0. The van der Waals surface area contributed by atoms with Gasteiger partial charge in [0.15, 0.2) is 0 Å². The van der Waals surface area contributed by atoms with E-state index >= 15 is 0 Å². The molecule has 2 bridgehead atoms. The maximum atomic E-state index is 12.3. The van der Waals surface area contributed by atoms with E-state index in [1.54, 1.807) is 41.8 Å². The van der Waals surface area contributed by atoms with Crippen LogP contribution in [0.25, 0.3) is 11.2 Å². The van der Waals surface area contributed by atoms with Gasteiger partial charge >= 0.3 is 5.97 Å². The van der Waals surface area contributed by atoms with Crippen LogP contribution in [0.3, 0.4) is 0 Å². The molecule has 3 heterocycles. The molecular weight excluding hydrogens is 248 g/mol. The topological polar surface area (TPSA) is 74.0 Å². The molecule has 0 radical (unpaired) electrons. The zero-order chi connectivity index (χ0) is 13.6. The predicted molar refractivity (Wildman–Crippen MR) is 66.6 cm³/mol. The van der Waals surface area contributed by atoms with Crippen molar-refractivity contribution in [1.29, 1.82) is 0 Å². The Morgan fingerprint density at radius 3 is 2.21 bits per heavy atom. The van der Waals surface area contributed by atoms with Gasteiger partial charge in [-0.05, 0) is 12.1 Å². The number of benzene rings is 1. The molecule has 6 nitrogen and oxygen atoms in total. The molecule has 19 heavy (non-hydrogen) atoms. The average molecular weight is 258 g/mol. The van der Waals surface area contributed by atoms with E-state index in [0.29, 0.717) is 0 Å². The summed E-state index contributed by atoms with van der Waals surface area (Å²) in [6.45, 7) is 0. The normalized spacial score (nSPS) is 14.6. The Hall–Kier alpha value is -2.76. The second kappa shape index (κ2) is 3.88. The van der Waals surface area contributed by atoms with Crippen molar-refractivity contribution in [3.63, 3.8) is 0 Å². The first-order valence-electron chi connectivity index (χ1n) is 5.57. The van der Waals surface area contributed by atoms with Crippen LogP contribution in [0.1, 0.15) is 20.7 Å². The lowest BCUT2D eigenvalue weighted by Crippen LogP contribution is -2.25. The number of aromatic carboxylic acids is 1. The summed E-state index contributed by atoms with van der Waals surface area (Å²) in [5.74, 6) is -1.59. The average Bonchev–Trinajstić information content (AvgIpc) is 2.98. The van der Waals surface area contributed by atoms with E-state index in [4.69, 9.17) is 4.42 Å². The molecule has 1 N–H and O–H groups in total. The summed E-state index contributed by atoms with van der Waals surface area (Å²) in [5, 5.41) is 9.17. The van der Waals surface area contributed by atoms with Crippen molar-refractivity contribution in [2.75, 3.05) is 7.05 Å². The van der Waals surface area contributed by atoms with E-state index in [1.807, 2.05) is 7.05 Å². The molecule has 96 valence electrons. The van der Waals surface area contributed by atoms with Crippen molar-refractivity contribution in [2.45, 2.75) is 0 Å². The minimum absolute atomic E-state index is 0.0803. The number of amides is 1. The molecule has 1 aliphatic rings. The first kappa shape index (κ1) is 11.3. The third-order valence-electron chi connectivity index (χ3n) is 2.94. The van der Waals surface area contributed by atoms with Crippen LogP contribution in [0, 0.1) is 0 Å². The highest BCUT2D eigenvalue weighted by Gasteiger charge is 2.29. The third kappa shape index (κ3) is 1.65. The first-order valence-corrected chi connectivity index (χ1v) is 5.57. The molecule has 0 fully saturated rings. The number of carbonyl (C=O) groups excluding carboxylic acids is 1. The molecular formula is C13H10N2O4. The minimum Gasteiger partial charge on any atom is -0.478 e. The lowest BCUT2D eigenvalue weighted by atomic mass is 10.1. The zero-order valence-electron chi connectivity index (χ0n) is 10.0. The Kier molecular flexibility index (Phi) is 2.31. The number of rotatable bonds is 2. The standard InChI is InChI=1S/C13H10N2O4/c1-14-4-6-15(7-5-14)12(16)10-8-2-3-9(19-8)11(10)13(17)18/h2-7H,1H3,(H,17,18). The van der Waals surface area contributed by atoms with Crippen LogP contribution in [-0.4, -0.2) is 33.8 Å². The van der Waals surface area contributed by atoms with Crippen LogP contribution in [0.15, 0.2) is 41.3 Å². The monoisotopic (exact) mass is 258 g/mol. The highest BCUT2D eigenvalue weighted by Crippen LogP contribution is 2.30. The Morgan fingerprint density at radius 2 is 1.63 bits per heavy atom. The summed E-state index contributed by atoms with van der Waals surface area (Å²) in [4.78, 5) is 26.7. The van der Waals surface area contributed by atoms with E-state index < -0.39 is 11.9 Å². The van der Waals surface area contributed by atoms with E-state index in [9.17, 15) is 14.7 Å². The second-order valence-electron chi connectivity index (χ2n) is 4.19. The van der Waals surface area contributed by atoms with Gasteiger partial charge in [0.2, 0.25) is 0 Å². The van der Waals surface area contributed by atoms with Crippen LogP contribution < -0.4 is 0 Å². The molecule has 0 atom stereocenters. The number of nitrogens with zero attached hydrogens (tertiary/aromatic N) is 2. The van der Waals surface area contributed by atoms with Gasteiger partial charge in [0.1, 0.15) is 22.3 Å². The van der Waals surface area contributed by atoms with Gasteiger partial charge in [-0.2, -0.15) is 0 Å². The minimum atomic E-state index is -1.17. The smallest absolute Gasteiger partial charge is 0.340 e. The van der Waals surface area contributed by atoms with Crippen LogP contribution in [0.5, 0.6) is 0 Å². The lowest BCUT2D eigenvalue weighted by Gasteiger charge is -2.20. The largest absolute Gasteiger partial charge is 0.478 e. The van der Waals surface area contributed by atoms with Crippen molar-refractivity contribution in [3.8, 4) is 0 Å². The van der Waals surface area contributed by atoms with Gasteiger partial charge < -0.3 is 14.4 Å². The van der Waals surface area contributed by atoms with Crippen molar-refractivity contribution >= 4 is 23.0 Å². The van der Waals surface area contributed by atoms with E-state index in [-0.39, 0.29) is 22.3 Å². The predicted octanol–water partition coefficient (Wildman–Crippen LogP) is 1.90. The third-order valence-corrected chi connectivity index (χ3v) is 2.94. The quantitative estimate of drug-likeness (QED) is 0.890. The van der Waals surface area contributed by atoms with E-state index in [1.165, 1.54) is 4.90 Å². The fraction of sp³-hybridized carbons (Fsp3) is 0.0769. The van der Waals surface area contributed by atoms with Gasteiger partial charge in [0, 0.05) is 31.8 Å².